The van der Waals surface area contributed by atoms with Gasteiger partial charge in [0.1, 0.15) is 6.61 Å². The summed E-state index contributed by atoms with van der Waals surface area (Å²) in [6.45, 7) is 3.56. The molecule has 1 heterocycles. The molecule has 3 rings (SSSR count). The summed E-state index contributed by atoms with van der Waals surface area (Å²) in [6.07, 6.45) is 0. The van der Waals surface area contributed by atoms with Crippen LogP contribution in [0, 0.1) is 0 Å². The predicted octanol–water partition coefficient (Wildman–Crippen LogP) is 3.02. The Hall–Kier alpha value is -2.69. The van der Waals surface area contributed by atoms with E-state index in [1.54, 1.807) is 0 Å². The first-order valence-electron chi connectivity index (χ1n) is 7.74. The van der Waals surface area contributed by atoms with Gasteiger partial charge in [0, 0.05) is 6.54 Å². The molecule has 2 aromatic rings. The molecule has 1 atom stereocenters. The van der Waals surface area contributed by atoms with E-state index in [4.69, 9.17) is 9.47 Å². The highest BCUT2D eigenvalue weighted by Gasteiger charge is 2.22. The Morgan fingerprint density at radius 1 is 1.09 bits per heavy atom. The molecule has 1 saturated heterocycles. The molecule has 0 aromatic heterocycles. The molecular weight excluding hydrogens is 292 g/mol. The number of ether oxygens (including phenoxy) is 2. The summed E-state index contributed by atoms with van der Waals surface area (Å²) < 4.78 is 11.6. The fraction of sp³-hybridized carbons (Fsp3) is 0.278. The average molecular weight is 312 g/mol. The van der Waals surface area contributed by atoms with E-state index >= 15 is 0 Å². The lowest BCUT2D eigenvalue weighted by atomic mass is 10.1. The van der Waals surface area contributed by atoms with E-state index in [-0.39, 0.29) is 12.1 Å². The highest BCUT2D eigenvalue weighted by molar-refractivity contribution is 5.77. The number of amides is 2. The third-order valence-corrected chi connectivity index (χ3v) is 3.68. The lowest BCUT2D eigenvalue weighted by molar-refractivity contribution is 0.247. The van der Waals surface area contributed by atoms with Gasteiger partial charge >= 0.3 is 6.03 Å². The summed E-state index contributed by atoms with van der Waals surface area (Å²) in [4.78, 5) is 11.3. The summed E-state index contributed by atoms with van der Waals surface area (Å²) in [6, 6.07) is 15.6. The molecule has 23 heavy (non-hydrogen) atoms. The highest BCUT2D eigenvalue weighted by atomic mass is 16.5. The summed E-state index contributed by atoms with van der Waals surface area (Å²) in [5.41, 5.74) is 2.10. The van der Waals surface area contributed by atoms with Gasteiger partial charge in [0.2, 0.25) is 0 Å². The zero-order chi connectivity index (χ0) is 16.1. The predicted molar refractivity (Wildman–Crippen MR) is 87.7 cm³/mol. The van der Waals surface area contributed by atoms with Crippen LogP contribution in [0.25, 0.3) is 0 Å². The molecule has 0 saturated carbocycles. The van der Waals surface area contributed by atoms with Crippen LogP contribution in [0.5, 0.6) is 11.5 Å². The van der Waals surface area contributed by atoms with Gasteiger partial charge in [-0.1, -0.05) is 36.4 Å². The van der Waals surface area contributed by atoms with Crippen molar-refractivity contribution in [3.63, 3.8) is 0 Å². The number of carbonyl (C=O) groups is 1. The topological polar surface area (TPSA) is 59.6 Å². The number of benzene rings is 2. The summed E-state index contributed by atoms with van der Waals surface area (Å²) in [5, 5.41) is 5.63. The first-order valence-corrected chi connectivity index (χ1v) is 7.74. The Labute approximate surface area is 135 Å². The molecule has 1 aliphatic rings. The zero-order valence-electron chi connectivity index (χ0n) is 13.0. The standard InChI is InChI=1S/C18H20N2O3/c1-2-22-17-10-14(15-11-19-18(21)20-15)8-9-16(17)23-12-13-6-4-3-5-7-13/h3-10,15H,2,11-12H2,1H3,(H2,19,20,21)/t15-/m1/s1. The summed E-state index contributed by atoms with van der Waals surface area (Å²) in [7, 11) is 0. The second-order valence-electron chi connectivity index (χ2n) is 5.32. The van der Waals surface area contributed by atoms with E-state index in [1.165, 1.54) is 0 Å². The van der Waals surface area contributed by atoms with Gasteiger partial charge < -0.3 is 20.1 Å². The van der Waals surface area contributed by atoms with Crippen LogP contribution < -0.4 is 20.1 Å². The smallest absolute Gasteiger partial charge is 0.315 e. The van der Waals surface area contributed by atoms with E-state index in [0.29, 0.717) is 31.3 Å². The maximum Gasteiger partial charge on any atom is 0.315 e. The zero-order valence-corrected chi connectivity index (χ0v) is 13.0. The van der Waals surface area contributed by atoms with E-state index in [0.717, 1.165) is 11.1 Å². The lowest BCUT2D eigenvalue weighted by Crippen LogP contribution is -2.21. The van der Waals surface area contributed by atoms with Crippen molar-refractivity contribution in [2.24, 2.45) is 0 Å². The summed E-state index contributed by atoms with van der Waals surface area (Å²) in [5.74, 6) is 1.40. The van der Waals surface area contributed by atoms with Gasteiger partial charge in [0.15, 0.2) is 11.5 Å². The van der Waals surface area contributed by atoms with Crippen LogP contribution in [0.1, 0.15) is 24.1 Å². The molecule has 5 nitrogen and oxygen atoms in total. The van der Waals surface area contributed by atoms with Crippen LogP contribution in [0.2, 0.25) is 0 Å². The molecule has 2 aromatic carbocycles. The lowest BCUT2D eigenvalue weighted by Gasteiger charge is -2.15. The fourth-order valence-electron chi connectivity index (χ4n) is 2.52. The molecule has 1 fully saturated rings. The Balaban J connectivity index is 1.75. The Kier molecular flexibility index (Phi) is 4.66. The molecule has 2 N–H and O–H groups in total. The van der Waals surface area contributed by atoms with Gasteiger partial charge in [-0.05, 0) is 30.2 Å². The number of rotatable bonds is 6. The quantitative estimate of drug-likeness (QED) is 0.862. The van der Waals surface area contributed by atoms with Gasteiger partial charge in [-0.2, -0.15) is 0 Å². The molecule has 1 aliphatic heterocycles. The molecule has 2 amide bonds. The van der Waals surface area contributed by atoms with Gasteiger partial charge in [-0.3, -0.25) is 0 Å². The number of urea groups is 1. The van der Waals surface area contributed by atoms with Crippen LogP contribution in [0.15, 0.2) is 48.5 Å². The molecule has 0 bridgehead atoms. The Morgan fingerprint density at radius 3 is 2.61 bits per heavy atom. The van der Waals surface area contributed by atoms with Crippen molar-refractivity contribution in [2.45, 2.75) is 19.6 Å². The third kappa shape index (κ3) is 3.74. The largest absolute Gasteiger partial charge is 0.490 e. The van der Waals surface area contributed by atoms with Gasteiger partial charge in [-0.15, -0.1) is 0 Å². The van der Waals surface area contributed by atoms with E-state index in [9.17, 15) is 4.79 Å². The number of hydrogen-bond acceptors (Lipinski definition) is 3. The molecule has 5 heteroatoms. The second kappa shape index (κ2) is 7.05. The molecule has 120 valence electrons. The first-order chi connectivity index (χ1) is 11.3. The van der Waals surface area contributed by atoms with Crippen molar-refractivity contribution >= 4 is 6.03 Å². The van der Waals surface area contributed by atoms with Crippen LogP contribution in [-0.2, 0) is 6.61 Å². The number of hydrogen-bond donors (Lipinski definition) is 2. The molecule has 0 spiro atoms. The van der Waals surface area contributed by atoms with Gasteiger partial charge in [-0.25, -0.2) is 4.79 Å². The maximum atomic E-state index is 11.3. The van der Waals surface area contributed by atoms with Crippen LogP contribution in [0.3, 0.4) is 0 Å². The minimum absolute atomic E-state index is 0.0371. The molecule has 0 radical (unpaired) electrons. The minimum Gasteiger partial charge on any atom is -0.490 e. The summed E-state index contributed by atoms with van der Waals surface area (Å²) >= 11 is 0. The van der Waals surface area contributed by atoms with Gasteiger partial charge in [0.05, 0.1) is 12.6 Å². The van der Waals surface area contributed by atoms with Crippen molar-refractivity contribution in [2.75, 3.05) is 13.2 Å². The average Bonchev–Trinajstić information content (AvgIpc) is 3.01. The van der Waals surface area contributed by atoms with E-state index in [1.807, 2.05) is 55.5 Å². The van der Waals surface area contributed by atoms with Crippen molar-refractivity contribution in [1.82, 2.24) is 10.6 Å². The fourth-order valence-corrected chi connectivity index (χ4v) is 2.52. The monoisotopic (exact) mass is 312 g/mol. The maximum absolute atomic E-state index is 11.3. The van der Waals surface area contributed by atoms with Crippen LogP contribution in [-0.4, -0.2) is 19.2 Å². The Bertz CT molecular complexity index is 673. The van der Waals surface area contributed by atoms with Crippen molar-refractivity contribution in [3.05, 3.63) is 59.7 Å². The van der Waals surface area contributed by atoms with Gasteiger partial charge in [0.25, 0.3) is 0 Å². The molecule has 0 unspecified atom stereocenters. The Morgan fingerprint density at radius 2 is 1.91 bits per heavy atom. The van der Waals surface area contributed by atoms with Crippen molar-refractivity contribution in [1.29, 1.82) is 0 Å². The van der Waals surface area contributed by atoms with Crippen molar-refractivity contribution in [3.8, 4) is 11.5 Å². The second-order valence-corrected chi connectivity index (χ2v) is 5.32. The normalized spacial score (nSPS) is 16.6. The van der Waals surface area contributed by atoms with Crippen molar-refractivity contribution < 1.29 is 14.3 Å². The van der Waals surface area contributed by atoms with E-state index < -0.39 is 0 Å². The molecule has 0 aliphatic carbocycles. The van der Waals surface area contributed by atoms with Crippen LogP contribution >= 0.6 is 0 Å². The number of carbonyl (C=O) groups excluding carboxylic acids is 1. The van der Waals surface area contributed by atoms with Crippen LogP contribution in [0.4, 0.5) is 4.79 Å². The van der Waals surface area contributed by atoms with E-state index in [2.05, 4.69) is 10.6 Å². The minimum atomic E-state index is -0.141. The highest BCUT2D eigenvalue weighted by Crippen LogP contribution is 2.31. The molecular formula is C18H20N2O3. The SMILES string of the molecule is CCOc1cc([C@H]2CNC(=O)N2)ccc1OCc1ccccc1. The first kappa shape index (κ1) is 15.2. The number of nitrogens with one attached hydrogen (secondary N) is 2. The third-order valence-electron chi connectivity index (χ3n) is 3.68.